The molecule has 1 saturated heterocycles. The molecule has 0 aromatic heterocycles. The van der Waals surface area contributed by atoms with E-state index in [2.05, 4.69) is 25.7 Å². The van der Waals surface area contributed by atoms with E-state index in [-0.39, 0.29) is 0 Å². The molecular formula is C13H28N2O. The average molecular weight is 228 g/mol. The predicted molar refractivity (Wildman–Crippen MR) is 68.4 cm³/mol. The molecule has 1 aliphatic rings. The van der Waals surface area contributed by atoms with Crippen LogP contribution in [-0.4, -0.2) is 44.3 Å². The molecule has 16 heavy (non-hydrogen) atoms. The summed E-state index contributed by atoms with van der Waals surface area (Å²) in [6.45, 7) is 12.8. The van der Waals surface area contributed by atoms with E-state index in [1.54, 1.807) is 0 Å². The van der Waals surface area contributed by atoms with Gasteiger partial charge in [-0.2, -0.15) is 0 Å². The smallest absolute Gasteiger partial charge is 0.0593 e. The Labute approximate surface area is 100 Å². The van der Waals surface area contributed by atoms with Gasteiger partial charge in [0.25, 0.3) is 0 Å². The molecule has 0 radical (unpaired) electrons. The summed E-state index contributed by atoms with van der Waals surface area (Å²) in [5.74, 6) is 2.11. The molecule has 96 valence electrons. The number of nitrogens with two attached hydrogens (primary N) is 1. The van der Waals surface area contributed by atoms with Gasteiger partial charge in [0.15, 0.2) is 0 Å². The van der Waals surface area contributed by atoms with Crippen LogP contribution in [0.4, 0.5) is 0 Å². The van der Waals surface area contributed by atoms with Crippen molar-refractivity contribution in [3.8, 4) is 0 Å². The van der Waals surface area contributed by atoms with E-state index in [4.69, 9.17) is 10.5 Å². The first-order valence-corrected chi connectivity index (χ1v) is 6.63. The molecule has 1 heterocycles. The monoisotopic (exact) mass is 228 g/mol. The third-order valence-electron chi connectivity index (χ3n) is 3.47. The lowest BCUT2D eigenvalue weighted by molar-refractivity contribution is 0.0615. The second-order valence-corrected chi connectivity index (χ2v) is 5.53. The number of likely N-dealkylation sites (tertiary alicyclic amines) is 1. The third-order valence-corrected chi connectivity index (χ3v) is 3.47. The van der Waals surface area contributed by atoms with Crippen LogP contribution >= 0.6 is 0 Å². The number of ether oxygens (including phenoxy) is 1. The Morgan fingerprint density at radius 1 is 1.44 bits per heavy atom. The Morgan fingerprint density at radius 2 is 2.19 bits per heavy atom. The number of hydrogen-bond donors (Lipinski definition) is 1. The minimum atomic E-state index is 0.641. The SMILES string of the molecule is CC(C)COCCN1CCC(CN)C(C)C1. The first-order chi connectivity index (χ1) is 7.63. The molecular weight excluding hydrogens is 200 g/mol. The summed E-state index contributed by atoms with van der Waals surface area (Å²) in [5, 5.41) is 0. The van der Waals surface area contributed by atoms with Gasteiger partial charge in [-0.1, -0.05) is 20.8 Å². The highest BCUT2D eigenvalue weighted by Crippen LogP contribution is 2.21. The summed E-state index contributed by atoms with van der Waals surface area (Å²) in [6.07, 6.45) is 1.25. The van der Waals surface area contributed by atoms with Gasteiger partial charge in [-0.3, -0.25) is 0 Å². The first-order valence-electron chi connectivity index (χ1n) is 6.63. The lowest BCUT2D eigenvalue weighted by Gasteiger charge is -2.36. The van der Waals surface area contributed by atoms with Crippen molar-refractivity contribution in [3.63, 3.8) is 0 Å². The van der Waals surface area contributed by atoms with Crippen molar-refractivity contribution in [1.82, 2.24) is 4.90 Å². The molecule has 0 amide bonds. The fourth-order valence-electron chi connectivity index (χ4n) is 2.35. The summed E-state index contributed by atoms with van der Waals surface area (Å²) in [6, 6.07) is 0. The zero-order chi connectivity index (χ0) is 12.0. The molecule has 3 heteroatoms. The fourth-order valence-corrected chi connectivity index (χ4v) is 2.35. The van der Waals surface area contributed by atoms with Crippen LogP contribution < -0.4 is 5.73 Å². The number of piperidine rings is 1. The standard InChI is InChI=1S/C13H28N2O/c1-11(2)10-16-7-6-15-5-4-13(8-14)12(3)9-15/h11-13H,4-10,14H2,1-3H3. The van der Waals surface area contributed by atoms with E-state index in [0.29, 0.717) is 5.92 Å². The van der Waals surface area contributed by atoms with Gasteiger partial charge in [0.05, 0.1) is 6.61 Å². The fraction of sp³-hybridized carbons (Fsp3) is 1.00. The maximum absolute atomic E-state index is 5.75. The van der Waals surface area contributed by atoms with E-state index in [1.807, 2.05) is 0 Å². The molecule has 1 rings (SSSR count). The van der Waals surface area contributed by atoms with Crippen LogP contribution in [0.3, 0.4) is 0 Å². The first kappa shape index (κ1) is 13.9. The normalized spacial score (nSPS) is 27.6. The Kier molecular flexibility index (Phi) is 6.32. The van der Waals surface area contributed by atoms with Gasteiger partial charge in [-0.05, 0) is 37.3 Å². The Morgan fingerprint density at radius 3 is 2.75 bits per heavy atom. The van der Waals surface area contributed by atoms with Gasteiger partial charge in [0.2, 0.25) is 0 Å². The van der Waals surface area contributed by atoms with Gasteiger partial charge in [0.1, 0.15) is 0 Å². The third kappa shape index (κ3) is 4.81. The van der Waals surface area contributed by atoms with Crippen molar-refractivity contribution < 1.29 is 4.74 Å². The van der Waals surface area contributed by atoms with Crippen molar-refractivity contribution in [3.05, 3.63) is 0 Å². The number of rotatable bonds is 6. The molecule has 0 spiro atoms. The molecule has 0 saturated carbocycles. The largest absolute Gasteiger partial charge is 0.380 e. The Hall–Kier alpha value is -0.120. The summed E-state index contributed by atoms with van der Waals surface area (Å²) >= 11 is 0. The second-order valence-electron chi connectivity index (χ2n) is 5.53. The van der Waals surface area contributed by atoms with E-state index in [9.17, 15) is 0 Å². The van der Waals surface area contributed by atoms with Gasteiger partial charge in [-0.25, -0.2) is 0 Å². The number of nitrogens with zero attached hydrogens (tertiary/aromatic N) is 1. The topological polar surface area (TPSA) is 38.5 Å². The molecule has 2 atom stereocenters. The highest BCUT2D eigenvalue weighted by Gasteiger charge is 2.24. The molecule has 0 aromatic carbocycles. The Balaban J connectivity index is 2.10. The van der Waals surface area contributed by atoms with Crippen molar-refractivity contribution in [2.24, 2.45) is 23.5 Å². The van der Waals surface area contributed by atoms with Crippen LogP contribution in [0.1, 0.15) is 27.2 Å². The van der Waals surface area contributed by atoms with E-state index in [1.165, 1.54) is 19.5 Å². The quantitative estimate of drug-likeness (QED) is 0.701. The molecule has 0 aliphatic carbocycles. The molecule has 2 unspecified atom stereocenters. The summed E-state index contributed by atoms with van der Waals surface area (Å²) in [4.78, 5) is 2.51. The minimum absolute atomic E-state index is 0.641. The second kappa shape index (κ2) is 7.25. The van der Waals surface area contributed by atoms with E-state index >= 15 is 0 Å². The van der Waals surface area contributed by atoms with Crippen LogP contribution in [0.2, 0.25) is 0 Å². The van der Waals surface area contributed by atoms with E-state index in [0.717, 1.165) is 38.1 Å². The molecule has 0 bridgehead atoms. The maximum Gasteiger partial charge on any atom is 0.0593 e. The molecule has 1 aliphatic heterocycles. The van der Waals surface area contributed by atoms with Crippen LogP contribution in [0, 0.1) is 17.8 Å². The van der Waals surface area contributed by atoms with Gasteiger partial charge < -0.3 is 15.4 Å². The summed E-state index contributed by atoms with van der Waals surface area (Å²) in [7, 11) is 0. The Bertz CT molecular complexity index is 185. The van der Waals surface area contributed by atoms with Crippen LogP contribution in [-0.2, 0) is 4.74 Å². The number of hydrogen-bond acceptors (Lipinski definition) is 3. The lowest BCUT2D eigenvalue weighted by Crippen LogP contribution is -2.43. The van der Waals surface area contributed by atoms with Crippen molar-refractivity contribution in [2.45, 2.75) is 27.2 Å². The van der Waals surface area contributed by atoms with Gasteiger partial charge in [0, 0.05) is 19.7 Å². The van der Waals surface area contributed by atoms with Crippen molar-refractivity contribution in [1.29, 1.82) is 0 Å². The van der Waals surface area contributed by atoms with Crippen molar-refractivity contribution in [2.75, 3.05) is 39.4 Å². The van der Waals surface area contributed by atoms with Crippen LogP contribution in [0.5, 0.6) is 0 Å². The van der Waals surface area contributed by atoms with E-state index < -0.39 is 0 Å². The van der Waals surface area contributed by atoms with Crippen molar-refractivity contribution >= 4 is 0 Å². The molecule has 3 nitrogen and oxygen atoms in total. The molecule has 1 fully saturated rings. The summed E-state index contributed by atoms with van der Waals surface area (Å²) in [5.41, 5.74) is 5.75. The lowest BCUT2D eigenvalue weighted by atomic mass is 9.87. The minimum Gasteiger partial charge on any atom is -0.380 e. The maximum atomic E-state index is 5.75. The highest BCUT2D eigenvalue weighted by atomic mass is 16.5. The zero-order valence-corrected chi connectivity index (χ0v) is 11.1. The summed E-state index contributed by atoms with van der Waals surface area (Å²) < 4.78 is 5.62. The van der Waals surface area contributed by atoms with Gasteiger partial charge in [-0.15, -0.1) is 0 Å². The average Bonchev–Trinajstić information content (AvgIpc) is 2.24. The predicted octanol–water partition coefficient (Wildman–Crippen LogP) is 1.58. The molecule has 0 aromatic rings. The zero-order valence-electron chi connectivity index (χ0n) is 11.1. The van der Waals surface area contributed by atoms with Gasteiger partial charge >= 0.3 is 0 Å². The van der Waals surface area contributed by atoms with Crippen LogP contribution in [0.15, 0.2) is 0 Å². The van der Waals surface area contributed by atoms with Crippen LogP contribution in [0.25, 0.3) is 0 Å². The molecule has 2 N–H and O–H groups in total. The highest BCUT2D eigenvalue weighted by molar-refractivity contribution is 4.78.